The minimum atomic E-state index is -0.359. The number of hydrogen-bond acceptors (Lipinski definition) is 4. The molecule has 3 aromatic rings. The number of carbonyl (C=O) groups excluding carboxylic acids is 2. The Kier molecular flexibility index (Phi) is 9.18. The Morgan fingerprint density at radius 3 is 2.32 bits per heavy atom. The number of ether oxygens (including phenoxy) is 1. The van der Waals surface area contributed by atoms with Crippen LogP contribution in [0.2, 0.25) is 0 Å². The Bertz CT molecular complexity index is 1180. The number of carbonyl (C=O) groups is 2. The number of rotatable bonds is 9. The summed E-state index contributed by atoms with van der Waals surface area (Å²) in [7, 11) is 0. The Balaban J connectivity index is 1.50. The minimum Gasteiger partial charge on any atom is -0.445 e. The second kappa shape index (κ2) is 12.7. The summed E-state index contributed by atoms with van der Waals surface area (Å²) in [6.07, 6.45) is 1.95. The first-order valence-electron chi connectivity index (χ1n) is 13.3. The fourth-order valence-corrected chi connectivity index (χ4v) is 5.23. The maximum Gasteiger partial charge on any atom is 0.410 e. The lowest BCUT2D eigenvalue weighted by Gasteiger charge is -2.46. The number of aliphatic hydroxyl groups is 1. The van der Waals surface area contributed by atoms with Crippen LogP contribution in [0.4, 0.5) is 4.79 Å². The largest absolute Gasteiger partial charge is 0.445 e. The van der Waals surface area contributed by atoms with Gasteiger partial charge >= 0.3 is 6.09 Å². The molecule has 0 aromatic heterocycles. The fourth-order valence-electron chi connectivity index (χ4n) is 5.23. The standard InChI is InChI=1S/C31H38N2O4/c1-23(2)17-29-21-33(31(36)37-22-24-9-4-3-5-10-24)28(13-8-16-34)20-32(29)30(35)19-25-14-15-26-11-6-7-12-27(26)18-25/h3-7,9-12,14-15,18,23,28-29,34H,8,13,16-17,19-22H2,1-2H3/t28-,29+/m0/s1. The van der Waals surface area contributed by atoms with E-state index in [0.717, 1.165) is 28.3 Å². The molecule has 6 heteroatoms. The van der Waals surface area contributed by atoms with Crippen molar-refractivity contribution >= 4 is 22.8 Å². The van der Waals surface area contributed by atoms with Crippen LogP contribution in [0.3, 0.4) is 0 Å². The summed E-state index contributed by atoms with van der Waals surface area (Å²) in [5, 5.41) is 11.8. The molecule has 0 bridgehead atoms. The molecule has 1 N–H and O–H groups in total. The van der Waals surface area contributed by atoms with Crippen LogP contribution in [0.5, 0.6) is 0 Å². The van der Waals surface area contributed by atoms with Gasteiger partial charge in [-0.2, -0.15) is 0 Å². The molecule has 1 aliphatic heterocycles. The van der Waals surface area contributed by atoms with Crippen molar-refractivity contribution in [3.05, 3.63) is 83.9 Å². The van der Waals surface area contributed by atoms with Crippen molar-refractivity contribution in [1.29, 1.82) is 0 Å². The second-order valence-electron chi connectivity index (χ2n) is 10.4. The molecule has 0 unspecified atom stereocenters. The van der Waals surface area contributed by atoms with Gasteiger partial charge in [0.05, 0.1) is 12.5 Å². The first-order valence-corrected chi connectivity index (χ1v) is 13.3. The molecular weight excluding hydrogens is 464 g/mol. The van der Waals surface area contributed by atoms with Gasteiger partial charge < -0.3 is 19.6 Å². The van der Waals surface area contributed by atoms with Crippen molar-refractivity contribution < 1.29 is 19.4 Å². The van der Waals surface area contributed by atoms with Crippen LogP contribution in [0.1, 0.15) is 44.2 Å². The van der Waals surface area contributed by atoms with Gasteiger partial charge in [-0.25, -0.2) is 4.79 Å². The van der Waals surface area contributed by atoms with Gasteiger partial charge in [-0.15, -0.1) is 0 Å². The summed E-state index contributed by atoms with van der Waals surface area (Å²) in [6, 6.07) is 23.7. The molecule has 0 saturated carbocycles. The molecule has 2 amide bonds. The van der Waals surface area contributed by atoms with Gasteiger partial charge in [0.15, 0.2) is 0 Å². The van der Waals surface area contributed by atoms with Crippen LogP contribution in [-0.2, 0) is 22.6 Å². The van der Waals surface area contributed by atoms with Crippen molar-refractivity contribution in [1.82, 2.24) is 9.80 Å². The quantitative estimate of drug-likeness (QED) is 0.424. The molecule has 0 aliphatic carbocycles. The second-order valence-corrected chi connectivity index (χ2v) is 10.4. The van der Waals surface area contributed by atoms with E-state index < -0.39 is 0 Å². The maximum absolute atomic E-state index is 13.6. The van der Waals surface area contributed by atoms with Gasteiger partial charge in [-0.3, -0.25) is 4.79 Å². The topological polar surface area (TPSA) is 70.1 Å². The molecule has 4 rings (SSSR count). The number of hydrogen-bond donors (Lipinski definition) is 1. The van der Waals surface area contributed by atoms with E-state index in [2.05, 4.69) is 38.1 Å². The number of fused-ring (bicyclic) bond motifs is 1. The zero-order chi connectivity index (χ0) is 26.2. The molecule has 0 radical (unpaired) electrons. The van der Waals surface area contributed by atoms with Crippen LogP contribution in [0.25, 0.3) is 10.8 Å². The van der Waals surface area contributed by atoms with Crippen LogP contribution in [0, 0.1) is 5.92 Å². The number of piperazine rings is 1. The van der Waals surface area contributed by atoms with E-state index in [1.807, 2.05) is 53.4 Å². The SMILES string of the molecule is CC(C)C[C@@H]1CN(C(=O)OCc2ccccc2)[C@@H](CCCO)CN1C(=O)Cc1ccc2ccccc2c1. The number of nitrogens with zero attached hydrogens (tertiary/aromatic N) is 2. The monoisotopic (exact) mass is 502 g/mol. The predicted octanol–water partition coefficient (Wildman–Crippen LogP) is 5.42. The van der Waals surface area contributed by atoms with Gasteiger partial charge in [-0.1, -0.05) is 86.6 Å². The van der Waals surface area contributed by atoms with Crippen molar-refractivity contribution in [3.8, 4) is 0 Å². The van der Waals surface area contributed by atoms with Gasteiger partial charge in [0.25, 0.3) is 0 Å². The molecular formula is C31H38N2O4. The highest BCUT2D eigenvalue weighted by molar-refractivity contribution is 5.85. The van der Waals surface area contributed by atoms with Crippen molar-refractivity contribution in [2.24, 2.45) is 5.92 Å². The van der Waals surface area contributed by atoms with Crippen molar-refractivity contribution in [3.63, 3.8) is 0 Å². The van der Waals surface area contributed by atoms with Crippen LogP contribution < -0.4 is 0 Å². The number of aliphatic hydroxyl groups excluding tert-OH is 1. The fraction of sp³-hybridized carbons (Fsp3) is 0.419. The average molecular weight is 503 g/mol. The average Bonchev–Trinajstić information content (AvgIpc) is 2.91. The molecule has 1 aliphatic rings. The highest BCUT2D eigenvalue weighted by Gasteiger charge is 2.39. The summed E-state index contributed by atoms with van der Waals surface area (Å²) >= 11 is 0. The summed E-state index contributed by atoms with van der Waals surface area (Å²) < 4.78 is 5.68. The Morgan fingerprint density at radius 2 is 1.59 bits per heavy atom. The normalized spacial score (nSPS) is 17.8. The van der Waals surface area contributed by atoms with E-state index in [1.54, 1.807) is 4.90 Å². The molecule has 1 fully saturated rings. The predicted molar refractivity (Wildman–Crippen MR) is 146 cm³/mol. The summed E-state index contributed by atoms with van der Waals surface area (Å²) in [6.45, 7) is 5.42. The van der Waals surface area contributed by atoms with Crippen LogP contribution in [-0.4, -0.2) is 58.7 Å². The summed E-state index contributed by atoms with van der Waals surface area (Å²) in [4.78, 5) is 30.6. The van der Waals surface area contributed by atoms with Crippen LogP contribution in [0.15, 0.2) is 72.8 Å². The maximum atomic E-state index is 13.6. The lowest BCUT2D eigenvalue weighted by molar-refractivity contribution is -0.137. The molecule has 196 valence electrons. The zero-order valence-corrected chi connectivity index (χ0v) is 21.9. The Hall–Kier alpha value is -3.38. The van der Waals surface area contributed by atoms with Gasteiger partial charge in [0, 0.05) is 25.7 Å². The third-order valence-electron chi connectivity index (χ3n) is 7.06. The molecule has 1 heterocycles. The Labute approximate surface area is 219 Å². The molecule has 0 spiro atoms. The van der Waals surface area contributed by atoms with E-state index >= 15 is 0 Å². The lowest BCUT2D eigenvalue weighted by Crippen LogP contribution is -2.61. The first kappa shape index (κ1) is 26.7. The first-order chi connectivity index (χ1) is 17.9. The number of benzene rings is 3. The zero-order valence-electron chi connectivity index (χ0n) is 21.9. The van der Waals surface area contributed by atoms with Gasteiger partial charge in [-0.05, 0) is 47.1 Å². The molecule has 37 heavy (non-hydrogen) atoms. The molecule has 2 atom stereocenters. The summed E-state index contributed by atoms with van der Waals surface area (Å²) in [5.41, 5.74) is 1.93. The minimum absolute atomic E-state index is 0.0455. The van der Waals surface area contributed by atoms with Gasteiger partial charge in [0.1, 0.15) is 6.61 Å². The Morgan fingerprint density at radius 1 is 0.892 bits per heavy atom. The van der Waals surface area contributed by atoms with Crippen molar-refractivity contribution in [2.75, 3.05) is 19.7 Å². The van der Waals surface area contributed by atoms with E-state index in [0.29, 0.717) is 38.3 Å². The highest BCUT2D eigenvalue weighted by Crippen LogP contribution is 2.26. The molecule has 6 nitrogen and oxygen atoms in total. The smallest absolute Gasteiger partial charge is 0.410 e. The molecule has 1 saturated heterocycles. The van der Waals surface area contributed by atoms with E-state index in [-0.39, 0.29) is 37.3 Å². The van der Waals surface area contributed by atoms with E-state index in [9.17, 15) is 14.7 Å². The number of amides is 2. The summed E-state index contributed by atoms with van der Waals surface area (Å²) in [5.74, 6) is 0.449. The van der Waals surface area contributed by atoms with E-state index in [4.69, 9.17) is 4.74 Å². The van der Waals surface area contributed by atoms with Gasteiger partial charge in [0.2, 0.25) is 5.91 Å². The van der Waals surface area contributed by atoms with Crippen molar-refractivity contribution in [2.45, 2.75) is 58.2 Å². The third kappa shape index (κ3) is 7.10. The lowest BCUT2D eigenvalue weighted by atomic mass is 9.95. The molecule has 3 aromatic carbocycles. The highest BCUT2D eigenvalue weighted by atomic mass is 16.6. The van der Waals surface area contributed by atoms with E-state index in [1.165, 1.54) is 0 Å². The third-order valence-corrected chi connectivity index (χ3v) is 7.06. The van der Waals surface area contributed by atoms with Crippen LogP contribution >= 0.6 is 0 Å².